The van der Waals surface area contributed by atoms with Crippen LogP contribution in [0.3, 0.4) is 0 Å². The summed E-state index contributed by atoms with van der Waals surface area (Å²) >= 11 is 0. The maximum atomic E-state index is 5.69. The van der Waals surface area contributed by atoms with Crippen LogP contribution in [-0.2, 0) is 0 Å². The Balaban J connectivity index is 1.85. The smallest absolute Gasteiger partial charge is 0.229 e. The molecular weight excluding hydrogens is 250 g/mol. The SMILES string of the molecule is CN(c1ccc(N)cc1)c1ncc(-c2cc[nH]c2)cn1. The molecule has 3 rings (SSSR count). The van der Waals surface area contributed by atoms with Crippen molar-refractivity contribution in [3.63, 3.8) is 0 Å². The maximum absolute atomic E-state index is 5.69. The Hall–Kier alpha value is -2.82. The number of nitrogen functional groups attached to an aromatic ring is 1. The van der Waals surface area contributed by atoms with E-state index in [2.05, 4.69) is 15.0 Å². The normalized spacial score (nSPS) is 10.4. The summed E-state index contributed by atoms with van der Waals surface area (Å²) in [5.41, 5.74) is 9.48. The summed E-state index contributed by atoms with van der Waals surface area (Å²) in [5.74, 6) is 0.647. The zero-order valence-corrected chi connectivity index (χ0v) is 11.1. The molecule has 0 fully saturated rings. The number of anilines is 3. The van der Waals surface area contributed by atoms with Crippen LogP contribution in [0.4, 0.5) is 17.3 Å². The van der Waals surface area contributed by atoms with Crippen LogP contribution in [0.15, 0.2) is 55.1 Å². The quantitative estimate of drug-likeness (QED) is 0.714. The molecule has 0 spiro atoms. The van der Waals surface area contributed by atoms with E-state index in [1.165, 1.54) is 0 Å². The molecule has 0 unspecified atom stereocenters. The number of rotatable bonds is 3. The molecule has 3 N–H and O–H groups in total. The van der Waals surface area contributed by atoms with Crippen molar-refractivity contribution >= 4 is 17.3 Å². The van der Waals surface area contributed by atoms with Crippen molar-refractivity contribution in [2.24, 2.45) is 0 Å². The highest BCUT2D eigenvalue weighted by Crippen LogP contribution is 2.23. The van der Waals surface area contributed by atoms with Gasteiger partial charge in [-0.1, -0.05) is 0 Å². The molecule has 0 saturated carbocycles. The third-order valence-corrected chi connectivity index (χ3v) is 3.15. The standard InChI is InChI=1S/C15H15N5/c1-20(14-4-2-13(16)3-5-14)15-18-9-12(10-19-15)11-6-7-17-8-11/h2-10,17H,16H2,1H3. The zero-order chi connectivity index (χ0) is 13.9. The van der Waals surface area contributed by atoms with Crippen molar-refractivity contribution in [3.05, 3.63) is 55.1 Å². The number of nitrogens with one attached hydrogen (secondary N) is 1. The summed E-state index contributed by atoms with van der Waals surface area (Å²) in [4.78, 5) is 13.7. The van der Waals surface area contributed by atoms with E-state index in [-0.39, 0.29) is 0 Å². The van der Waals surface area contributed by atoms with Gasteiger partial charge in [-0.05, 0) is 30.3 Å². The minimum absolute atomic E-state index is 0.647. The van der Waals surface area contributed by atoms with Gasteiger partial charge in [-0.15, -0.1) is 0 Å². The third-order valence-electron chi connectivity index (χ3n) is 3.15. The first-order valence-corrected chi connectivity index (χ1v) is 6.28. The Labute approximate surface area is 117 Å². The fraction of sp³-hybridized carbons (Fsp3) is 0.0667. The van der Waals surface area contributed by atoms with E-state index in [4.69, 9.17) is 5.73 Å². The van der Waals surface area contributed by atoms with Crippen molar-refractivity contribution in [2.75, 3.05) is 17.7 Å². The fourth-order valence-corrected chi connectivity index (χ4v) is 1.96. The summed E-state index contributed by atoms with van der Waals surface area (Å²) in [6.07, 6.45) is 7.43. The highest BCUT2D eigenvalue weighted by atomic mass is 15.2. The highest BCUT2D eigenvalue weighted by Gasteiger charge is 2.07. The van der Waals surface area contributed by atoms with Gasteiger partial charge in [-0.25, -0.2) is 9.97 Å². The second-order valence-corrected chi connectivity index (χ2v) is 4.52. The lowest BCUT2D eigenvalue weighted by Crippen LogP contribution is -2.12. The van der Waals surface area contributed by atoms with Crippen LogP contribution in [0, 0.1) is 0 Å². The second-order valence-electron chi connectivity index (χ2n) is 4.52. The van der Waals surface area contributed by atoms with Crippen molar-refractivity contribution in [3.8, 4) is 11.1 Å². The molecule has 1 aromatic carbocycles. The molecule has 5 heteroatoms. The van der Waals surface area contributed by atoms with Crippen LogP contribution in [0.1, 0.15) is 0 Å². The van der Waals surface area contributed by atoms with Gasteiger partial charge in [0.15, 0.2) is 0 Å². The van der Waals surface area contributed by atoms with Gasteiger partial charge in [0.2, 0.25) is 5.95 Å². The second kappa shape index (κ2) is 5.05. The van der Waals surface area contributed by atoms with Crippen LogP contribution in [0.2, 0.25) is 0 Å². The molecule has 2 heterocycles. The average Bonchev–Trinajstić information content (AvgIpc) is 3.02. The molecule has 20 heavy (non-hydrogen) atoms. The molecule has 0 bridgehead atoms. The largest absolute Gasteiger partial charge is 0.399 e. The van der Waals surface area contributed by atoms with Gasteiger partial charge >= 0.3 is 0 Å². The molecule has 0 aliphatic carbocycles. The molecule has 100 valence electrons. The minimum atomic E-state index is 0.647. The lowest BCUT2D eigenvalue weighted by molar-refractivity contribution is 1.04. The van der Waals surface area contributed by atoms with Gasteiger partial charge in [-0.2, -0.15) is 0 Å². The number of hydrogen-bond acceptors (Lipinski definition) is 4. The number of nitrogens with two attached hydrogens (primary N) is 1. The van der Waals surface area contributed by atoms with Gasteiger partial charge in [-0.3, -0.25) is 0 Å². The van der Waals surface area contributed by atoms with Gasteiger partial charge in [0, 0.05) is 54.3 Å². The summed E-state index contributed by atoms with van der Waals surface area (Å²) in [6, 6.07) is 9.60. The van der Waals surface area contributed by atoms with Crippen LogP contribution < -0.4 is 10.6 Å². The van der Waals surface area contributed by atoms with E-state index in [9.17, 15) is 0 Å². The Morgan fingerprint density at radius 1 is 1.00 bits per heavy atom. The average molecular weight is 265 g/mol. The first-order valence-electron chi connectivity index (χ1n) is 6.28. The highest BCUT2D eigenvalue weighted by molar-refractivity contribution is 5.63. The summed E-state index contributed by atoms with van der Waals surface area (Å²) in [6.45, 7) is 0. The maximum Gasteiger partial charge on any atom is 0.229 e. The van der Waals surface area contributed by atoms with E-state index in [0.717, 1.165) is 22.5 Å². The van der Waals surface area contributed by atoms with Gasteiger partial charge in [0.05, 0.1) is 0 Å². The Morgan fingerprint density at radius 3 is 2.30 bits per heavy atom. The summed E-state index contributed by atoms with van der Waals surface area (Å²) < 4.78 is 0. The van der Waals surface area contributed by atoms with Crippen LogP contribution in [-0.4, -0.2) is 22.0 Å². The molecule has 0 amide bonds. The molecule has 0 aliphatic heterocycles. The molecule has 0 aliphatic rings. The number of hydrogen-bond donors (Lipinski definition) is 2. The Bertz CT molecular complexity index is 671. The van der Waals surface area contributed by atoms with Crippen molar-refractivity contribution in [2.45, 2.75) is 0 Å². The van der Waals surface area contributed by atoms with E-state index >= 15 is 0 Å². The molecule has 3 aromatic rings. The summed E-state index contributed by atoms with van der Waals surface area (Å²) in [7, 11) is 1.93. The molecule has 0 radical (unpaired) electrons. The van der Waals surface area contributed by atoms with Crippen LogP contribution in [0.5, 0.6) is 0 Å². The number of H-pyrrole nitrogens is 1. The topological polar surface area (TPSA) is 70.8 Å². The fourth-order valence-electron chi connectivity index (χ4n) is 1.96. The monoisotopic (exact) mass is 265 g/mol. The lowest BCUT2D eigenvalue weighted by atomic mass is 10.2. The predicted octanol–water partition coefficient (Wildman–Crippen LogP) is 2.82. The zero-order valence-electron chi connectivity index (χ0n) is 11.1. The molecular formula is C15H15N5. The van der Waals surface area contributed by atoms with Crippen molar-refractivity contribution < 1.29 is 0 Å². The van der Waals surface area contributed by atoms with Crippen LogP contribution in [0.25, 0.3) is 11.1 Å². The van der Waals surface area contributed by atoms with Crippen molar-refractivity contribution in [1.29, 1.82) is 0 Å². The first kappa shape index (κ1) is 12.2. The lowest BCUT2D eigenvalue weighted by Gasteiger charge is -2.17. The molecule has 5 nitrogen and oxygen atoms in total. The van der Waals surface area contributed by atoms with Gasteiger partial charge < -0.3 is 15.6 Å². The van der Waals surface area contributed by atoms with Crippen LogP contribution >= 0.6 is 0 Å². The minimum Gasteiger partial charge on any atom is -0.399 e. The summed E-state index contributed by atoms with van der Waals surface area (Å²) in [5, 5.41) is 0. The first-order chi connectivity index (χ1) is 9.74. The number of benzene rings is 1. The number of aromatic amines is 1. The molecule has 2 aromatic heterocycles. The van der Waals surface area contributed by atoms with Gasteiger partial charge in [0.1, 0.15) is 0 Å². The van der Waals surface area contributed by atoms with E-state index in [1.54, 1.807) is 0 Å². The van der Waals surface area contributed by atoms with E-state index in [0.29, 0.717) is 5.95 Å². The van der Waals surface area contributed by atoms with Gasteiger partial charge in [0.25, 0.3) is 0 Å². The van der Waals surface area contributed by atoms with Crippen molar-refractivity contribution in [1.82, 2.24) is 15.0 Å². The molecule has 0 atom stereocenters. The number of nitrogens with zero attached hydrogens (tertiary/aromatic N) is 3. The van der Waals surface area contributed by atoms with E-state index in [1.807, 2.05) is 67.1 Å². The Kier molecular flexibility index (Phi) is 3.09. The Morgan fingerprint density at radius 2 is 1.70 bits per heavy atom. The predicted molar refractivity (Wildman–Crippen MR) is 80.7 cm³/mol. The molecule has 0 saturated heterocycles. The van der Waals surface area contributed by atoms with E-state index < -0.39 is 0 Å². The third kappa shape index (κ3) is 2.33. The number of aromatic nitrogens is 3.